The minimum absolute atomic E-state index is 0.466. The van der Waals surface area contributed by atoms with E-state index in [4.69, 9.17) is 11.6 Å². The lowest BCUT2D eigenvalue weighted by Gasteiger charge is -2.22. The van der Waals surface area contributed by atoms with E-state index in [2.05, 4.69) is 50.3 Å². The van der Waals surface area contributed by atoms with Crippen LogP contribution < -0.4 is 0 Å². The van der Waals surface area contributed by atoms with E-state index in [1.807, 2.05) is 6.07 Å². The summed E-state index contributed by atoms with van der Waals surface area (Å²) < 4.78 is 0. The van der Waals surface area contributed by atoms with Crippen LogP contribution in [-0.2, 0) is 0 Å². The van der Waals surface area contributed by atoms with Gasteiger partial charge in [0, 0.05) is 10.9 Å². The number of benzene rings is 1. The first-order valence-corrected chi connectivity index (χ1v) is 5.67. The number of aryl methyl sites for hydroxylation is 1. The van der Waals surface area contributed by atoms with Crippen molar-refractivity contribution in [1.82, 2.24) is 0 Å². The van der Waals surface area contributed by atoms with Crippen LogP contribution in [0.2, 0.25) is 5.02 Å². The molecule has 1 aliphatic carbocycles. The van der Waals surface area contributed by atoms with E-state index in [0.29, 0.717) is 11.8 Å². The maximum absolute atomic E-state index is 6.04. The first-order valence-electron chi connectivity index (χ1n) is 5.29. The zero-order chi connectivity index (χ0) is 10.8. The summed E-state index contributed by atoms with van der Waals surface area (Å²) in [5.74, 6) is 1.01. The van der Waals surface area contributed by atoms with Crippen molar-refractivity contribution >= 4 is 11.6 Å². The fourth-order valence-electron chi connectivity index (χ4n) is 2.08. The molecular weight excluding hydrogens is 204 g/mol. The monoisotopic (exact) mass is 218 g/mol. The molecule has 0 saturated carbocycles. The highest BCUT2D eigenvalue weighted by Crippen LogP contribution is 2.33. The number of hydrogen-bond donors (Lipinski definition) is 0. The zero-order valence-electron chi connectivity index (χ0n) is 9.07. The standard InChI is InChI=1S/C14H15Cl/c1-10-5-3-4-6-13(10)14-9-12(15)8-7-11(14)2/h3-10,13H,1-2H3. The maximum atomic E-state index is 6.04. The molecule has 0 bridgehead atoms. The predicted octanol–water partition coefficient (Wildman–Crippen LogP) is 4.49. The van der Waals surface area contributed by atoms with Crippen molar-refractivity contribution in [1.29, 1.82) is 0 Å². The summed E-state index contributed by atoms with van der Waals surface area (Å²) in [4.78, 5) is 0. The van der Waals surface area contributed by atoms with Crippen LogP contribution in [0.1, 0.15) is 24.0 Å². The van der Waals surface area contributed by atoms with Gasteiger partial charge in [0.25, 0.3) is 0 Å². The van der Waals surface area contributed by atoms with Crippen LogP contribution in [0.15, 0.2) is 42.5 Å². The van der Waals surface area contributed by atoms with Crippen LogP contribution in [0.4, 0.5) is 0 Å². The van der Waals surface area contributed by atoms with Crippen molar-refractivity contribution in [2.45, 2.75) is 19.8 Å². The van der Waals surface area contributed by atoms with E-state index in [0.717, 1.165) is 5.02 Å². The smallest absolute Gasteiger partial charge is 0.0409 e. The molecule has 1 aliphatic rings. The van der Waals surface area contributed by atoms with Crippen LogP contribution in [0.25, 0.3) is 0 Å². The first kappa shape index (κ1) is 10.5. The molecule has 2 rings (SSSR count). The average Bonchev–Trinajstić information content (AvgIpc) is 2.23. The van der Waals surface area contributed by atoms with Crippen molar-refractivity contribution in [3.05, 3.63) is 58.7 Å². The Morgan fingerprint density at radius 1 is 1.13 bits per heavy atom. The first-order chi connectivity index (χ1) is 7.18. The maximum Gasteiger partial charge on any atom is 0.0409 e. The van der Waals surface area contributed by atoms with E-state index in [-0.39, 0.29) is 0 Å². The van der Waals surface area contributed by atoms with Gasteiger partial charge in [-0.3, -0.25) is 0 Å². The van der Waals surface area contributed by atoms with Gasteiger partial charge >= 0.3 is 0 Å². The molecule has 0 aromatic heterocycles. The summed E-state index contributed by atoms with van der Waals surface area (Å²) in [6.45, 7) is 4.38. The Morgan fingerprint density at radius 3 is 2.60 bits per heavy atom. The molecular formula is C14H15Cl. The minimum atomic E-state index is 0.466. The Labute approximate surface area is 96.3 Å². The third-order valence-corrected chi connectivity index (χ3v) is 3.25. The third-order valence-electron chi connectivity index (χ3n) is 3.01. The lowest BCUT2D eigenvalue weighted by molar-refractivity contribution is 0.632. The second-order valence-electron chi connectivity index (χ2n) is 4.16. The van der Waals surface area contributed by atoms with Gasteiger partial charge in [-0.05, 0) is 36.1 Å². The zero-order valence-corrected chi connectivity index (χ0v) is 9.83. The molecule has 2 unspecified atom stereocenters. The average molecular weight is 219 g/mol. The summed E-state index contributed by atoms with van der Waals surface area (Å²) in [5, 5.41) is 0.825. The highest BCUT2D eigenvalue weighted by atomic mass is 35.5. The van der Waals surface area contributed by atoms with Gasteiger partial charge in [-0.15, -0.1) is 0 Å². The molecule has 0 saturated heterocycles. The van der Waals surface area contributed by atoms with Gasteiger partial charge < -0.3 is 0 Å². The molecule has 0 heterocycles. The fraction of sp³-hybridized carbons (Fsp3) is 0.286. The van der Waals surface area contributed by atoms with Gasteiger partial charge in [-0.2, -0.15) is 0 Å². The highest BCUT2D eigenvalue weighted by Gasteiger charge is 2.17. The van der Waals surface area contributed by atoms with E-state index in [1.165, 1.54) is 11.1 Å². The molecule has 0 N–H and O–H groups in total. The molecule has 15 heavy (non-hydrogen) atoms. The Balaban J connectivity index is 2.40. The molecule has 0 nitrogen and oxygen atoms in total. The van der Waals surface area contributed by atoms with Gasteiger partial charge in [0.05, 0.1) is 0 Å². The lowest BCUT2D eigenvalue weighted by Crippen LogP contribution is -2.08. The predicted molar refractivity (Wildman–Crippen MR) is 66.4 cm³/mol. The Kier molecular flexibility index (Phi) is 2.97. The quantitative estimate of drug-likeness (QED) is 0.652. The highest BCUT2D eigenvalue weighted by molar-refractivity contribution is 6.30. The number of allylic oxidation sites excluding steroid dienone is 4. The molecule has 0 amide bonds. The van der Waals surface area contributed by atoms with E-state index in [9.17, 15) is 0 Å². The van der Waals surface area contributed by atoms with Gasteiger partial charge in [-0.25, -0.2) is 0 Å². The molecule has 2 atom stereocenters. The topological polar surface area (TPSA) is 0 Å². The van der Waals surface area contributed by atoms with Crippen molar-refractivity contribution in [2.24, 2.45) is 5.92 Å². The summed E-state index contributed by atoms with van der Waals surface area (Å²) in [6, 6.07) is 6.13. The molecule has 0 aliphatic heterocycles. The van der Waals surface area contributed by atoms with Crippen molar-refractivity contribution in [3.8, 4) is 0 Å². The molecule has 0 fully saturated rings. The Hall–Kier alpha value is -1.01. The van der Waals surface area contributed by atoms with Gasteiger partial charge in [-0.1, -0.05) is 48.9 Å². The lowest BCUT2D eigenvalue weighted by atomic mass is 9.82. The summed E-state index contributed by atoms with van der Waals surface area (Å²) in [5.41, 5.74) is 2.66. The molecule has 0 radical (unpaired) electrons. The van der Waals surface area contributed by atoms with Crippen LogP contribution in [0.5, 0.6) is 0 Å². The summed E-state index contributed by atoms with van der Waals surface area (Å²) >= 11 is 6.04. The van der Waals surface area contributed by atoms with E-state index in [1.54, 1.807) is 0 Å². The molecule has 1 aromatic carbocycles. The SMILES string of the molecule is Cc1ccc(Cl)cc1C1C=CC=CC1C. The molecule has 0 spiro atoms. The normalized spacial score (nSPS) is 24.5. The molecule has 1 aromatic rings. The molecule has 78 valence electrons. The van der Waals surface area contributed by atoms with Crippen molar-refractivity contribution in [3.63, 3.8) is 0 Å². The Bertz CT molecular complexity index is 415. The number of rotatable bonds is 1. The van der Waals surface area contributed by atoms with Gasteiger partial charge in [0.15, 0.2) is 0 Å². The van der Waals surface area contributed by atoms with Crippen LogP contribution in [0.3, 0.4) is 0 Å². The van der Waals surface area contributed by atoms with Crippen molar-refractivity contribution in [2.75, 3.05) is 0 Å². The molecule has 1 heteroatoms. The second-order valence-corrected chi connectivity index (χ2v) is 4.59. The van der Waals surface area contributed by atoms with E-state index >= 15 is 0 Å². The van der Waals surface area contributed by atoms with Gasteiger partial charge in [0.2, 0.25) is 0 Å². The minimum Gasteiger partial charge on any atom is -0.0843 e. The summed E-state index contributed by atoms with van der Waals surface area (Å²) in [6.07, 6.45) is 8.72. The number of halogens is 1. The fourth-order valence-corrected chi connectivity index (χ4v) is 2.26. The van der Waals surface area contributed by atoms with Crippen molar-refractivity contribution < 1.29 is 0 Å². The largest absolute Gasteiger partial charge is 0.0843 e. The van der Waals surface area contributed by atoms with Crippen LogP contribution in [0, 0.1) is 12.8 Å². The van der Waals surface area contributed by atoms with Crippen LogP contribution in [-0.4, -0.2) is 0 Å². The summed E-state index contributed by atoms with van der Waals surface area (Å²) in [7, 11) is 0. The van der Waals surface area contributed by atoms with Gasteiger partial charge in [0.1, 0.15) is 0 Å². The van der Waals surface area contributed by atoms with Crippen LogP contribution >= 0.6 is 11.6 Å². The third kappa shape index (κ3) is 2.15. The second kappa shape index (κ2) is 4.24. The Morgan fingerprint density at radius 2 is 1.87 bits per heavy atom. The number of hydrogen-bond acceptors (Lipinski definition) is 0. The van der Waals surface area contributed by atoms with E-state index < -0.39 is 0 Å².